The van der Waals surface area contributed by atoms with E-state index in [1.54, 1.807) is 12.1 Å². The van der Waals surface area contributed by atoms with Crippen molar-refractivity contribution in [2.24, 2.45) is 0 Å². The Morgan fingerprint density at radius 1 is 1.29 bits per heavy atom. The molecule has 2 rings (SSSR count). The number of carbonyl (C=O) groups is 1. The van der Waals surface area contributed by atoms with Crippen LogP contribution < -0.4 is 10.1 Å². The third-order valence-corrected chi connectivity index (χ3v) is 4.36. The summed E-state index contributed by atoms with van der Waals surface area (Å²) in [6.45, 7) is 9.15. The van der Waals surface area contributed by atoms with Gasteiger partial charge in [0.25, 0.3) is 5.91 Å². The monoisotopic (exact) mass is 346 g/mol. The van der Waals surface area contributed by atoms with Gasteiger partial charge in [0.1, 0.15) is 5.75 Å². The Morgan fingerprint density at radius 2 is 2.08 bits per heavy atom. The van der Waals surface area contributed by atoms with E-state index in [2.05, 4.69) is 38.0 Å². The molecular formula is C19H26N2O2S. The van der Waals surface area contributed by atoms with E-state index in [9.17, 15) is 4.79 Å². The van der Waals surface area contributed by atoms with Crippen LogP contribution in [0.4, 0.5) is 5.13 Å². The molecule has 0 saturated heterocycles. The number of hydrogen-bond acceptors (Lipinski definition) is 4. The molecule has 2 aromatic rings. The number of benzene rings is 1. The molecule has 1 aromatic carbocycles. The molecule has 1 amide bonds. The second-order valence-electron chi connectivity index (χ2n) is 6.83. The smallest absolute Gasteiger partial charge is 0.257 e. The highest BCUT2D eigenvalue weighted by molar-refractivity contribution is 7.14. The van der Waals surface area contributed by atoms with E-state index in [-0.39, 0.29) is 11.3 Å². The standard InChI is InChI=1S/C19H26N2O2S/c1-5-6-7-11-23-15-10-8-9-14(12-15)17(22)21-18-20-16(13-24-18)19(2,3)4/h8-10,12-13H,5-7,11H2,1-4H3,(H,20,21,22). The van der Waals surface area contributed by atoms with Crippen molar-refractivity contribution >= 4 is 22.4 Å². The van der Waals surface area contributed by atoms with Gasteiger partial charge in [0.2, 0.25) is 0 Å². The van der Waals surface area contributed by atoms with Crippen molar-refractivity contribution in [3.8, 4) is 5.75 Å². The highest BCUT2D eigenvalue weighted by atomic mass is 32.1. The number of rotatable bonds is 7. The van der Waals surface area contributed by atoms with Crippen LogP contribution in [0.25, 0.3) is 0 Å². The van der Waals surface area contributed by atoms with E-state index in [1.165, 1.54) is 11.3 Å². The van der Waals surface area contributed by atoms with Crippen molar-refractivity contribution in [3.05, 3.63) is 40.9 Å². The molecule has 24 heavy (non-hydrogen) atoms. The number of hydrogen-bond donors (Lipinski definition) is 1. The highest BCUT2D eigenvalue weighted by Crippen LogP contribution is 2.26. The third kappa shape index (κ3) is 5.34. The molecule has 0 fully saturated rings. The van der Waals surface area contributed by atoms with Gasteiger partial charge in [0.05, 0.1) is 12.3 Å². The molecule has 0 aliphatic heterocycles. The van der Waals surface area contributed by atoms with Crippen molar-refractivity contribution in [3.63, 3.8) is 0 Å². The number of amides is 1. The average Bonchev–Trinajstić information content (AvgIpc) is 3.01. The van der Waals surface area contributed by atoms with Crippen molar-refractivity contribution < 1.29 is 9.53 Å². The zero-order chi connectivity index (χ0) is 17.6. The van der Waals surface area contributed by atoms with Crippen LogP contribution in [0.1, 0.15) is 63.0 Å². The maximum absolute atomic E-state index is 12.4. The number of carbonyl (C=O) groups excluding carboxylic acids is 1. The Bertz CT molecular complexity index is 674. The summed E-state index contributed by atoms with van der Waals surface area (Å²) >= 11 is 1.45. The van der Waals surface area contributed by atoms with Gasteiger partial charge in [-0.15, -0.1) is 11.3 Å². The molecule has 0 saturated carbocycles. The van der Waals surface area contributed by atoms with Crippen LogP contribution in [0.5, 0.6) is 5.75 Å². The van der Waals surface area contributed by atoms with Crippen LogP contribution in [0, 0.1) is 0 Å². The normalized spacial score (nSPS) is 11.3. The summed E-state index contributed by atoms with van der Waals surface area (Å²) in [6, 6.07) is 7.28. The summed E-state index contributed by atoms with van der Waals surface area (Å²) in [7, 11) is 0. The minimum absolute atomic E-state index is 0.0221. The Hall–Kier alpha value is -1.88. The summed E-state index contributed by atoms with van der Waals surface area (Å²) in [4.78, 5) is 16.9. The van der Waals surface area contributed by atoms with Crippen LogP contribution in [-0.2, 0) is 5.41 Å². The SMILES string of the molecule is CCCCCOc1cccc(C(=O)Nc2nc(C(C)(C)C)cs2)c1. The molecule has 130 valence electrons. The molecule has 0 bridgehead atoms. The van der Waals surface area contributed by atoms with Gasteiger partial charge in [-0.25, -0.2) is 4.98 Å². The van der Waals surface area contributed by atoms with Crippen LogP contribution in [0.15, 0.2) is 29.6 Å². The quantitative estimate of drug-likeness (QED) is 0.696. The van der Waals surface area contributed by atoms with Gasteiger partial charge >= 0.3 is 0 Å². The molecule has 0 aliphatic carbocycles. The van der Waals surface area contributed by atoms with E-state index in [1.807, 2.05) is 17.5 Å². The summed E-state index contributed by atoms with van der Waals surface area (Å²) in [5.74, 6) is 0.567. The highest BCUT2D eigenvalue weighted by Gasteiger charge is 2.18. The predicted octanol–water partition coefficient (Wildman–Crippen LogP) is 5.26. The summed E-state index contributed by atoms with van der Waals surface area (Å²) in [6.07, 6.45) is 3.35. The lowest BCUT2D eigenvalue weighted by atomic mass is 9.93. The van der Waals surface area contributed by atoms with E-state index in [0.29, 0.717) is 17.3 Å². The van der Waals surface area contributed by atoms with Crippen LogP contribution >= 0.6 is 11.3 Å². The fourth-order valence-corrected chi connectivity index (χ4v) is 3.05. The number of nitrogens with one attached hydrogen (secondary N) is 1. The molecule has 0 aliphatic rings. The van der Waals surface area contributed by atoms with Crippen LogP contribution in [0.2, 0.25) is 0 Å². The van der Waals surface area contributed by atoms with Gasteiger partial charge in [0.15, 0.2) is 5.13 Å². The van der Waals surface area contributed by atoms with Gasteiger partial charge in [-0.05, 0) is 24.6 Å². The second kappa shape index (κ2) is 8.29. The minimum Gasteiger partial charge on any atom is -0.494 e. The first-order chi connectivity index (χ1) is 11.4. The van der Waals surface area contributed by atoms with Gasteiger partial charge in [-0.1, -0.05) is 46.6 Å². The van der Waals surface area contributed by atoms with Gasteiger partial charge < -0.3 is 4.74 Å². The fraction of sp³-hybridized carbons (Fsp3) is 0.474. The molecule has 0 atom stereocenters. The molecule has 1 aromatic heterocycles. The van der Waals surface area contributed by atoms with E-state index in [0.717, 1.165) is 30.7 Å². The lowest BCUT2D eigenvalue weighted by Gasteiger charge is -2.14. The molecule has 0 unspecified atom stereocenters. The molecular weight excluding hydrogens is 320 g/mol. The van der Waals surface area contributed by atoms with Gasteiger partial charge in [-0.2, -0.15) is 0 Å². The third-order valence-electron chi connectivity index (χ3n) is 3.61. The molecule has 0 spiro atoms. The summed E-state index contributed by atoms with van der Waals surface area (Å²) in [5, 5.41) is 5.48. The number of nitrogens with zero attached hydrogens (tertiary/aromatic N) is 1. The fourth-order valence-electron chi connectivity index (χ4n) is 2.11. The lowest BCUT2D eigenvalue weighted by molar-refractivity contribution is 0.102. The van der Waals surface area contributed by atoms with Gasteiger partial charge in [0, 0.05) is 16.4 Å². The van der Waals surface area contributed by atoms with Gasteiger partial charge in [-0.3, -0.25) is 10.1 Å². The first kappa shape index (κ1) is 18.5. The van der Waals surface area contributed by atoms with Crippen LogP contribution in [0.3, 0.4) is 0 Å². The number of anilines is 1. The van der Waals surface area contributed by atoms with Crippen molar-refractivity contribution in [1.29, 1.82) is 0 Å². The molecule has 1 heterocycles. The number of ether oxygens (including phenoxy) is 1. The summed E-state index contributed by atoms with van der Waals surface area (Å²) < 4.78 is 5.70. The zero-order valence-electron chi connectivity index (χ0n) is 14.9. The summed E-state index contributed by atoms with van der Waals surface area (Å²) in [5.41, 5.74) is 1.54. The van der Waals surface area contributed by atoms with E-state index < -0.39 is 0 Å². The van der Waals surface area contributed by atoms with Crippen LogP contribution in [-0.4, -0.2) is 17.5 Å². The maximum Gasteiger partial charge on any atom is 0.257 e. The Labute approximate surface area is 148 Å². The van der Waals surface area contributed by atoms with E-state index in [4.69, 9.17) is 4.74 Å². The zero-order valence-corrected chi connectivity index (χ0v) is 15.7. The number of thiazole rings is 1. The minimum atomic E-state index is -0.163. The van der Waals surface area contributed by atoms with Crippen molar-refractivity contribution in [2.75, 3.05) is 11.9 Å². The topological polar surface area (TPSA) is 51.2 Å². The van der Waals surface area contributed by atoms with Crippen molar-refractivity contribution in [2.45, 2.75) is 52.4 Å². The molecule has 5 heteroatoms. The second-order valence-corrected chi connectivity index (χ2v) is 7.68. The molecule has 4 nitrogen and oxygen atoms in total. The number of unbranched alkanes of at least 4 members (excludes halogenated alkanes) is 2. The Kier molecular flexibility index (Phi) is 6.37. The van der Waals surface area contributed by atoms with Crippen molar-refractivity contribution in [1.82, 2.24) is 4.98 Å². The van der Waals surface area contributed by atoms with E-state index >= 15 is 0 Å². The Balaban J connectivity index is 1.98. The average molecular weight is 346 g/mol. The maximum atomic E-state index is 12.4. The largest absolute Gasteiger partial charge is 0.494 e. The molecule has 0 radical (unpaired) electrons. The lowest BCUT2D eigenvalue weighted by Crippen LogP contribution is -2.14. The Morgan fingerprint density at radius 3 is 2.75 bits per heavy atom. The predicted molar refractivity (Wildman–Crippen MR) is 100 cm³/mol. The first-order valence-corrected chi connectivity index (χ1v) is 9.28. The number of aromatic nitrogens is 1. The first-order valence-electron chi connectivity index (χ1n) is 8.40. The molecule has 1 N–H and O–H groups in total.